The summed E-state index contributed by atoms with van der Waals surface area (Å²) in [6.07, 6.45) is -4.82. The molecule has 2 rings (SSSR count). The van der Waals surface area contributed by atoms with E-state index in [0.717, 1.165) is 29.2 Å². The molecule has 0 radical (unpaired) electrons. The van der Waals surface area contributed by atoms with E-state index in [0.29, 0.717) is 6.07 Å². The smallest absolute Gasteiger partial charge is 0.350 e. The first kappa shape index (κ1) is 29.2. The molecule has 0 spiro atoms. The number of alkyl halides is 3. The van der Waals surface area contributed by atoms with Crippen LogP contribution in [0.15, 0.2) is 42.5 Å². The lowest BCUT2D eigenvalue weighted by Crippen LogP contribution is -2.48. The largest absolute Gasteiger partial charge is 0.417 e. The van der Waals surface area contributed by atoms with Crippen LogP contribution in [0.4, 0.5) is 28.9 Å². The van der Waals surface area contributed by atoms with Gasteiger partial charge in [0.2, 0.25) is 17.7 Å². The van der Waals surface area contributed by atoms with Gasteiger partial charge in [0.25, 0.3) is 0 Å². The maximum Gasteiger partial charge on any atom is 0.417 e. The van der Waals surface area contributed by atoms with E-state index in [2.05, 4.69) is 10.6 Å². The van der Waals surface area contributed by atoms with Crippen molar-refractivity contribution in [3.8, 4) is 0 Å². The van der Waals surface area contributed by atoms with Gasteiger partial charge in [-0.2, -0.15) is 13.2 Å². The van der Waals surface area contributed by atoms with E-state index in [4.69, 9.17) is 11.6 Å². The maximum atomic E-state index is 13.4. The van der Waals surface area contributed by atoms with Crippen LogP contribution in [0.1, 0.15) is 26.3 Å². The third-order valence-electron chi connectivity index (χ3n) is 4.39. The summed E-state index contributed by atoms with van der Waals surface area (Å²) in [5, 5.41) is 4.40. The Morgan fingerprint density at radius 1 is 0.972 bits per heavy atom. The van der Waals surface area contributed by atoms with Crippen molar-refractivity contribution in [2.24, 2.45) is 0 Å². The van der Waals surface area contributed by atoms with Gasteiger partial charge in [-0.05, 0) is 63.2 Å². The molecule has 0 bridgehead atoms. The van der Waals surface area contributed by atoms with E-state index in [1.54, 1.807) is 20.8 Å². The lowest BCUT2D eigenvalue weighted by molar-refractivity contribution is -0.137. The highest BCUT2D eigenvalue weighted by Gasteiger charge is 2.34. The molecule has 0 fully saturated rings. The number of hydrogen-bond acceptors (Lipinski definition) is 4. The summed E-state index contributed by atoms with van der Waals surface area (Å²) in [4.78, 5) is 38.3. The summed E-state index contributed by atoms with van der Waals surface area (Å²) in [5.41, 5.74) is -1.94. The molecule has 0 aromatic heterocycles. The zero-order chi connectivity index (χ0) is 27.3. The van der Waals surface area contributed by atoms with Crippen LogP contribution in [0.2, 0.25) is 5.02 Å². The van der Waals surface area contributed by atoms with Crippen LogP contribution in [-0.4, -0.2) is 45.5 Å². The summed E-state index contributed by atoms with van der Waals surface area (Å²) in [6, 6.07) is 7.48. The molecule has 13 heteroatoms. The number of benzene rings is 2. The van der Waals surface area contributed by atoms with Gasteiger partial charge in [-0.1, -0.05) is 11.6 Å². The molecular formula is C23H24ClF4N3O4S. The Hall–Kier alpha value is -2.99. The van der Waals surface area contributed by atoms with E-state index >= 15 is 0 Å². The fraction of sp³-hybridized carbons (Fsp3) is 0.348. The normalized spacial score (nSPS) is 12.6. The molecule has 0 aliphatic carbocycles. The number of anilines is 2. The number of carbonyl (C=O) groups is 3. The molecule has 0 saturated carbocycles. The lowest BCUT2D eigenvalue weighted by Gasteiger charge is -2.26. The van der Waals surface area contributed by atoms with Crippen LogP contribution in [0.3, 0.4) is 0 Å². The molecule has 2 aromatic carbocycles. The van der Waals surface area contributed by atoms with Crippen LogP contribution in [0, 0.1) is 5.82 Å². The Kier molecular flexibility index (Phi) is 9.61. The van der Waals surface area contributed by atoms with Gasteiger partial charge in [0.1, 0.15) is 23.9 Å². The molecule has 0 aliphatic heterocycles. The highest BCUT2D eigenvalue weighted by Crippen LogP contribution is 2.37. The van der Waals surface area contributed by atoms with Gasteiger partial charge in [-0.3, -0.25) is 18.6 Å². The predicted octanol–water partition coefficient (Wildman–Crippen LogP) is 4.13. The van der Waals surface area contributed by atoms with Gasteiger partial charge in [0, 0.05) is 27.7 Å². The fourth-order valence-electron chi connectivity index (χ4n) is 2.97. The Balaban J connectivity index is 2.21. The van der Waals surface area contributed by atoms with Crippen molar-refractivity contribution in [1.82, 2.24) is 5.32 Å². The van der Waals surface area contributed by atoms with Crippen LogP contribution >= 0.6 is 11.6 Å². The number of rotatable bonds is 8. The standard InChI is InChI=1S/C23H24ClF4N3O4S/c1-22(2,3)30-19(32)11-31(16-8-9-18(24)17(10-16)23(26,27)28)21(34)13-36(35)12-20(33)29-15-6-4-14(25)5-7-15/h4-10H,11-13H2,1-3H3,(H,29,33)(H,30,32)/t36-/m0/s1. The van der Waals surface area contributed by atoms with Gasteiger partial charge in [-0.15, -0.1) is 0 Å². The Bertz CT molecular complexity index is 1150. The summed E-state index contributed by atoms with van der Waals surface area (Å²) < 4.78 is 65.5. The monoisotopic (exact) mass is 549 g/mol. The Morgan fingerprint density at radius 2 is 1.58 bits per heavy atom. The number of nitrogens with zero attached hydrogens (tertiary/aromatic N) is 1. The van der Waals surface area contributed by atoms with Crippen molar-refractivity contribution in [1.29, 1.82) is 0 Å². The average molecular weight is 550 g/mol. The van der Waals surface area contributed by atoms with Crippen molar-refractivity contribution in [3.05, 3.63) is 58.9 Å². The topological polar surface area (TPSA) is 95.6 Å². The minimum Gasteiger partial charge on any atom is -0.350 e. The molecule has 3 amide bonds. The minimum absolute atomic E-state index is 0.242. The molecule has 2 aromatic rings. The number of halogens is 5. The number of nitrogens with one attached hydrogen (secondary N) is 2. The molecule has 2 N–H and O–H groups in total. The fourth-order valence-corrected chi connectivity index (χ4v) is 4.09. The van der Waals surface area contributed by atoms with E-state index < -0.39 is 74.7 Å². The van der Waals surface area contributed by atoms with E-state index in [9.17, 15) is 36.2 Å². The van der Waals surface area contributed by atoms with Crippen molar-refractivity contribution in [2.75, 3.05) is 28.3 Å². The molecule has 36 heavy (non-hydrogen) atoms. The van der Waals surface area contributed by atoms with E-state index in [-0.39, 0.29) is 11.4 Å². The van der Waals surface area contributed by atoms with Gasteiger partial charge in [-0.25, -0.2) is 4.39 Å². The van der Waals surface area contributed by atoms with Crippen molar-refractivity contribution in [2.45, 2.75) is 32.5 Å². The van der Waals surface area contributed by atoms with Gasteiger partial charge in [0.15, 0.2) is 0 Å². The van der Waals surface area contributed by atoms with Crippen LogP contribution in [0.5, 0.6) is 0 Å². The molecule has 0 saturated heterocycles. The molecule has 0 heterocycles. The number of amides is 3. The second-order valence-corrected chi connectivity index (χ2v) is 10.6. The van der Waals surface area contributed by atoms with Gasteiger partial charge >= 0.3 is 6.18 Å². The predicted molar refractivity (Wildman–Crippen MR) is 130 cm³/mol. The Morgan fingerprint density at radius 3 is 2.14 bits per heavy atom. The molecule has 0 unspecified atom stereocenters. The lowest BCUT2D eigenvalue weighted by atomic mass is 10.1. The Labute approximate surface area is 212 Å². The van der Waals surface area contributed by atoms with Crippen molar-refractivity contribution in [3.63, 3.8) is 0 Å². The van der Waals surface area contributed by atoms with Crippen molar-refractivity contribution >= 4 is 51.5 Å². The summed E-state index contributed by atoms with van der Waals surface area (Å²) in [6.45, 7) is 4.37. The molecule has 196 valence electrons. The summed E-state index contributed by atoms with van der Waals surface area (Å²) in [7, 11) is -2.07. The molecular weight excluding hydrogens is 526 g/mol. The van der Waals surface area contributed by atoms with E-state index in [1.165, 1.54) is 12.1 Å². The quantitative estimate of drug-likeness (QED) is 0.484. The SMILES string of the molecule is CC(C)(C)NC(=O)CN(C(=O)C[S@@](=O)CC(=O)Nc1ccc(F)cc1)c1ccc(Cl)c(C(F)(F)F)c1. The second kappa shape index (κ2) is 11.8. The van der Waals surface area contributed by atoms with Crippen LogP contribution < -0.4 is 15.5 Å². The zero-order valence-corrected chi connectivity index (χ0v) is 21.1. The summed E-state index contributed by atoms with van der Waals surface area (Å²) in [5.74, 6) is -4.21. The first-order valence-corrected chi connectivity index (χ1v) is 12.3. The highest BCUT2D eigenvalue weighted by atomic mass is 35.5. The number of hydrogen-bond donors (Lipinski definition) is 2. The third kappa shape index (κ3) is 9.23. The molecule has 7 nitrogen and oxygen atoms in total. The highest BCUT2D eigenvalue weighted by molar-refractivity contribution is 7.86. The molecule has 1 atom stereocenters. The minimum atomic E-state index is -4.82. The maximum absolute atomic E-state index is 13.4. The molecule has 0 aliphatic rings. The average Bonchev–Trinajstić information content (AvgIpc) is 2.72. The number of carbonyl (C=O) groups excluding carboxylic acids is 3. The zero-order valence-electron chi connectivity index (χ0n) is 19.5. The van der Waals surface area contributed by atoms with E-state index in [1.807, 2.05) is 0 Å². The first-order valence-electron chi connectivity index (χ1n) is 10.4. The van der Waals surface area contributed by atoms with Crippen molar-refractivity contribution < 1.29 is 36.2 Å². The third-order valence-corrected chi connectivity index (χ3v) is 5.87. The first-order chi connectivity index (χ1) is 16.5. The van der Waals surface area contributed by atoms with Gasteiger partial charge < -0.3 is 15.5 Å². The van der Waals surface area contributed by atoms with Gasteiger partial charge in [0.05, 0.1) is 10.6 Å². The van der Waals surface area contributed by atoms with Crippen LogP contribution in [0.25, 0.3) is 0 Å². The summed E-state index contributed by atoms with van der Waals surface area (Å²) >= 11 is 5.66. The second-order valence-electron chi connectivity index (χ2n) is 8.72. The van der Waals surface area contributed by atoms with Crippen LogP contribution in [-0.2, 0) is 31.4 Å².